The smallest absolute Gasteiger partial charge is 0.352 e. The number of alkyl halides is 8. The minimum absolute atomic E-state index is 0.0309. The zero-order chi connectivity index (χ0) is 28.8. The largest absolute Gasteiger partial charge is 0.459 e. The summed E-state index contributed by atoms with van der Waals surface area (Å²) in [5.41, 5.74) is -4.49. The van der Waals surface area contributed by atoms with E-state index in [4.69, 9.17) is 0 Å². The Morgan fingerprint density at radius 1 is 1.05 bits per heavy atom. The summed E-state index contributed by atoms with van der Waals surface area (Å²) in [6, 6.07) is 7.11. The Hall–Kier alpha value is -3.82. The lowest BCUT2D eigenvalue weighted by Gasteiger charge is -2.19. The van der Waals surface area contributed by atoms with Gasteiger partial charge in [0, 0.05) is 35.8 Å². The molecule has 0 atom stereocenters. The summed E-state index contributed by atoms with van der Waals surface area (Å²) in [5.74, 6) is -8.15. The Labute approximate surface area is 217 Å². The Morgan fingerprint density at radius 2 is 1.77 bits per heavy atom. The molecule has 0 bridgehead atoms. The van der Waals surface area contributed by atoms with E-state index in [-0.39, 0.29) is 40.2 Å². The first kappa shape index (κ1) is 28.2. The molecule has 6 nitrogen and oxygen atoms in total. The molecular weight excluding hydrogens is 565 g/mol. The highest BCUT2D eigenvalue weighted by Gasteiger charge is 2.64. The fourth-order valence-electron chi connectivity index (χ4n) is 3.70. The second-order valence-electron chi connectivity index (χ2n) is 8.25. The van der Waals surface area contributed by atoms with Gasteiger partial charge in [-0.1, -0.05) is 12.1 Å². The number of rotatable bonds is 7. The van der Waals surface area contributed by atoms with E-state index in [0.29, 0.717) is 4.68 Å². The quantitative estimate of drug-likeness (QED) is 0.272. The predicted molar refractivity (Wildman–Crippen MR) is 121 cm³/mol. The van der Waals surface area contributed by atoms with Crippen LogP contribution in [-0.2, 0) is 36.9 Å². The molecule has 3 heterocycles. The normalized spacial score (nSPS) is 12.7. The van der Waals surface area contributed by atoms with Crippen LogP contribution in [-0.4, -0.2) is 31.6 Å². The summed E-state index contributed by atoms with van der Waals surface area (Å²) in [7, 11) is 0.761. The molecule has 1 aromatic carbocycles. The highest BCUT2D eigenvalue weighted by atomic mass is 32.1. The first-order valence-corrected chi connectivity index (χ1v) is 11.7. The lowest BCUT2D eigenvalue weighted by Crippen LogP contribution is -2.36. The van der Waals surface area contributed by atoms with Crippen LogP contribution in [0.1, 0.15) is 21.7 Å². The molecule has 1 amide bonds. The molecule has 39 heavy (non-hydrogen) atoms. The third-order valence-corrected chi connectivity index (χ3v) is 6.40. The van der Waals surface area contributed by atoms with Crippen LogP contribution in [0.5, 0.6) is 0 Å². The molecule has 3 aromatic heterocycles. The van der Waals surface area contributed by atoms with E-state index in [2.05, 4.69) is 15.5 Å². The maximum atomic E-state index is 14.4. The zero-order valence-corrected chi connectivity index (χ0v) is 20.4. The Bertz CT molecular complexity index is 1490. The molecule has 4 aromatic rings. The lowest BCUT2D eigenvalue weighted by atomic mass is 10.1. The number of hydrogen-bond donors (Lipinski definition) is 1. The van der Waals surface area contributed by atoms with E-state index in [1.165, 1.54) is 23.5 Å². The van der Waals surface area contributed by atoms with E-state index in [1.54, 1.807) is 17.5 Å². The van der Waals surface area contributed by atoms with Gasteiger partial charge in [-0.25, -0.2) is 13.8 Å². The van der Waals surface area contributed by atoms with Crippen molar-refractivity contribution in [1.82, 2.24) is 24.9 Å². The van der Waals surface area contributed by atoms with Crippen LogP contribution >= 0.6 is 11.3 Å². The van der Waals surface area contributed by atoms with E-state index in [1.807, 2.05) is 0 Å². The highest BCUT2D eigenvalue weighted by molar-refractivity contribution is 7.10. The third kappa shape index (κ3) is 5.65. The van der Waals surface area contributed by atoms with Gasteiger partial charge >= 0.3 is 18.3 Å². The van der Waals surface area contributed by atoms with Crippen molar-refractivity contribution in [1.29, 1.82) is 0 Å². The molecule has 4 rings (SSSR count). The number of carbonyl (C=O) groups excluding carboxylic acids is 1. The number of halogens is 9. The minimum Gasteiger partial charge on any atom is -0.352 e. The first-order valence-electron chi connectivity index (χ1n) is 10.8. The van der Waals surface area contributed by atoms with Crippen molar-refractivity contribution < 1.29 is 44.3 Å². The molecule has 0 saturated carbocycles. The number of nitrogens with one attached hydrogen (secondary N) is 1. The van der Waals surface area contributed by atoms with Crippen LogP contribution in [0, 0.1) is 5.82 Å². The van der Waals surface area contributed by atoms with Crippen LogP contribution in [0.3, 0.4) is 0 Å². The lowest BCUT2D eigenvalue weighted by molar-refractivity contribution is -0.292. The molecule has 0 aliphatic rings. The molecule has 0 aliphatic carbocycles. The number of thiophene rings is 1. The topological polar surface area (TPSA) is 64.7 Å². The average molecular weight is 581 g/mol. The Kier molecular flexibility index (Phi) is 7.27. The molecule has 0 aliphatic heterocycles. The summed E-state index contributed by atoms with van der Waals surface area (Å²) < 4.78 is 123. The first-order chi connectivity index (χ1) is 18.1. The van der Waals surface area contributed by atoms with Gasteiger partial charge in [0.1, 0.15) is 11.4 Å². The third-order valence-electron chi connectivity index (χ3n) is 5.52. The van der Waals surface area contributed by atoms with Crippen molar-refractivity contribution in [3.63, 3.8) is 0 Å². The van der Waals surface area contributed by atoms with E-state index >= 15 is 0 Å². The number of amides is 1. The van der Waals surface area contributed by atoms with Crippen LogP contribution in [0.4, 0.5) is 39.5 Å². The number of benzene rings is 1. The van der Waals surface area contributed by atoms with E-state index in [9.17, 15) is 44.3 Å². The summed E-state index contributed by atoms with van der Waals surface area (Å²) in [6.45, 7) is -0.214. The SMILES string of the molecule is Cn1nc(C(F)(F)C(F)(F)F)c(C(F)(F)F)c1-n1cc(-c2ccc(F)c(CNC(=O)Cc3cccs3)c2)cn1. The van der Waals surface area contributed by atoms with Crippen molar-refractivity contribution in [2.75, 3.05) is 0 Å². The molecule has 0 unspecified atom stereocenters. The van der Waals surface area contributed by atoms with Crippen molar-refractivity contribution in [3.8, 4) is 16.9 Å². The Morgan fingerprint density at radius 3 is 2.38 bits per heavy atom. The summed E-state index contributed by atoms with van der Waals surface area (Å²) in [5, 5.41) is 10.9. The zero-order valence-electron chi connectivity index (χ0n) is 19.5. The van der Waals surface area contributed by atoms with Gasteiger partial charge in [0.25, 0.3) is 0 Å². The van der Waals surface area contributed by atoms with Gasteiger partial charge in [-0.2, -0.15) is 45.3 Å². The summed E-state index contributed by atoms with van der Waals surface area (Å²) in [4.78, 5) is 12.9. The molecule has 0 fully saturated rings. The second-order valence-corrected chi connectivity index (χ2v) is 9.29. The fourth-order valence-corrected chi connectivity index (χ4v) is 4.40. The van der Waals surface area contributed by atoms with Crippen LogP contribution in [0.15, 0.2) is 48.1 Å². The maximum Gasteiger partial charge on any atom is 0.459 e. The molecule has 0 saturated heterocycles. The molecular formula is C23H16F9N5OS. The standard InChI is InChI=1S/C23H16F9N5OS/c1-36-20(18(22(27,28)29)19(35-36)21(25,26)23(30,31)32)37-11-14(10-34-37)12-4-5-16(24)13(7-12)9-33-17(38)8-15-3-2-6-39-15/h2-7,10-11H,8-9H2,1H3,(H,33,38). The van der Waals surface area contributed by atoms with Crippen molar-refractivity contribution in [3.05, 3.63) is 75.6 Å². The van der Waals surface area contributed by atoms with Crippen molar-refractivity contribution >= 4 is 17.2 Å². The fraction of sp³-hybridized carbons (Fsp3) is 0.261. The monoisotopic (exact) mass is 581 g/mol. The van der Waals surface area contributed by atoms with Crippen LogP contribution in [0.25, 0.3) is 16.9 Å². The summed E-state index contributed by atoms with van der Waals surface area (Å²) in [6.07, 6.45) is -9.95. The predicted octanol–water partition coefficient (Wildman–Crippen LogP) is 6.01. The number of nitrogens with zero attached hydrogens (tertiary/aromatic N) is 4. The number of carbonyl (C=O) groups is 1. The van der Waals surface area contributed by atoms with Gasteiger partial charge in [-0.3, -0.25) is 4.79 Å². The van der Waals surface area contributed by atoms with E-state index in [0.717, 1.165) is 30.4 Å². The van der Waals surface area contributed by atoms with Crippen LogP contribution in [0.2, 0.25) is 0 Å². The van der Waals surface area contributed by atoms with Gasteiger partial charge in [0.15, 0.2) is 11.5 Å². The highest BCUT2D eigenvalue weighted by Crippen LogP contribution is 2.49. The number of hydrogen-bond acceptors (Lipinski definition) is 4. The van der Waals surface area contributed by atoms with Gasteiger partial charge in [0.2, 0.25) is 5.91 Å². The van der Waals surface area contributed by atoms with Crippen molar-refractivity contribution in [2.24, 2.45) is 7.05 Å². The molecule has 16 heteroatoms. The molecule has 208 valence electrons. The van der Waals surface area contributed by atoms with Crippen LogP contribution < -0.4 is 5.32 Å². The van der Waals surface area contributed by atoms with Gasteiger partial charge in [-0.05, 0) is 29.1 Å². The maximum absolute atomic E-state index is 14.4. The van der Waals surface area contributed by atoms with Gasteiger partial charge < -0.3 is 5.32 Å². The molecule has 0 radical (unpaired) electrons. The van der Waals surface area contributed by atoms with Gasteiger partial charge in [0.05, 0.1) is 12.6 Å². The van der Waals surface area contributed by atoms with Crippen molar-refractivity contribution in [2.45, 2.75) is 31.2 Å². The van der Waals surface area contributed by atoms with Gasteiger partial charge in [-0.15, -0.1) is 11.3 Å². The van der Waals surface area contributed by atoms with E-state index < -0.39 is 41.2 Å². The average Bonchev–Trinajstić information content (AvgIpc) is 3.57. The molecule has 1 N–H and O–H groups in total. The number of aryl methyl sites for hydroxylation is 1. The Balaban J connectivity index is 1.65. The second kappa shape index (κ2) is 10.1. The number of aromatic nitrogens is 4. The summed E-state index contributed by atoms with van der Waals surface area (Å²) >= 11 is 1.37. The molecule has 0 spiro atoms. The minimum atomic E-state index is -6.34.